The summed E-state index contributed by atoms with van der Waals surface area (Å²) in [6.45, 7) is 10.9. The molecule has 0 aromatic carbocycles. The molecule has 3 heteroatoms. The van der Waals surface area contributed by atoms with Crippen LogP contribution < -0.4 is 0 Å². The van der Waals surface area contributed by atoms with E-state index in [0.717, 1.165) is 32.4 Å². The van der Waals surface area contributed by atoms with Gasteiger partial charge in [-0.1, -0.05) is 34.1 Å². The Morgan fingerprint density at radius 1 is 1.18 bits per heavy atom. The molecule has 1 aliphatic carbocycles. The van der Waals surface area contributed by atoms with E-state index in [2.05, 4.69) is 32.6 Å². The normalized spacial score (nSPS) is 25.1. The molecule has 2 unspecified atom stereocenters. The van der Waals surface area contributed by atoms with Gasteiger partial charge in [0.15, 0.2) is 0 Å². The van der Waals surface area contributed by atoms with E-state index in [1.165, 1.54) is 0 Å². The Bertz CT molecular complexity index is 241. The number of hydrogen-bond acceptors (Lipinski definition) is 2. The zero-order valence-corrected chi connectivity index (χ0v) is 11.6. The second-order valence-electron chi connectivity index (χ2n) is 6.18. The molecule has 0 saturated heterocycles. The molecule has 0 radical (unpaired) electrons. The molecule has 1 N–H and O–H groups in total. The van der Waals surface area contributed by atoms with Gasteiger partial charge in [-0.25, -0.2) is 0 Å². The van der Waals surface area contributed by atoms with Crippen LogP contribution in [0.25, 0.3) is 0 Å². The third kappa shape index (κ3) is 4.30. The first kappa shape index (κ1) is 14.5. The van der Waals surface area contributed by atoms with E-state index < -0.39 is 5.97 Å². The van der Waals surface area contributed by atoms with Crippen LogP contribution >= 0.6 is 0 Å². The van der Waals surface area contributed by atoms with Gasteiger partial charge in [-0.05, 0) is 24.7 Å². The fourth-order valence-electron chi connectivity index (χ4n) is 2.95. The maximum Gasteiger partial charge on any atom is 0.308 e. The lowest BCUT2D eigenvalue weighted by Crippen LogP contribution is -2.44. The van der Waals surface area contributed by atoms with Gasteiger partial charge in [-0.2, -0.15) is 0 Å². The first-order chi connectivity index (χ1) is 7.91. The van der Waals surface area contributed by atoms with E-state index in [4.69, 9.17) is 0 Å². The van der Waals surface area contributed by atoms with Crippen molar-refractivity contribution in [2.24, 2.45) is 17.8 Å². The molecular weight excluding hydrogens is 214 g/mol. The van der Waals surface area contributed by atoms with Crippen LogP contribution in [0.1, 0.15) is 47.0 Å². The number of nitrogens with zero attached hydrogens (tertiary/aromatic N) is 1. The Morgan fingerprint density at radius 2 is 1.71 bits per heavy atom. The summed E-state index contributed by atoms with van der Waals surface area (Å²) in [5.41, 5.74) is 0. The molecule has 1 saturated carbocycles. The second-order valence-corrected chi connectivity index (χ2v) is 6.18. The first-order valence-electron chi connectivity index (χ1n) is 6.88. The summed E-state index contributed by atoms with van der Waals surface area (Å²) in [7, 11) is 0. The number of aliphatic carboxylic acids is 1. The molecular formula is C14H27NO2. The van der Waals surface area contributed by atoms with Gasteiger partial charge in [-0.15, -0.1) is 0 Å². The molecule has 0 aromatic rings. The fraction of sp³-hybridized carbons (Fsp3) is 0.929. The van der Waals surface area contributed by atoms with Crippen molar-refractivity contribution in [1.82, 2.24) is 4.90 Å². The number of hydrogen-bond donors (Lipinski definition) is 1. The number of rotatable bonds is 6. The lowest BCUT2D eigenvalue weighted by atomic mass is 9.99. The highest BCUT2D eigenvalue weighted by Gasteiger charge is 2.36. The molecule has 3 nitrogen and oxygen atoms in total. The highest BCUT2D eigenvalue weighted by atomic mass is 16.4. The van der Waals surface area contributed by atoms with E-state index in [9.17, 15) is 9.90 Å². The molecule has 1 aliphatic rings. The smallest absolute Gasteiger partial charge is 0.308 e. The molecule has 100 valence electrons. The van der Waals surface area contributed by atoms with Crippen LogP contribution in [0.4, 0.5) is 0 Å². The zero-order valence-electron chi connectivity index (χ0n) is 11.6. The van der Waals surface area contributed by atoms with E-state index in [-0.39, 0.29) is 12.0 Å². The van der Waals surface area contributed by atoms with Gasteiger partial charge in [0.2, 0.25) is 0 Å². The van der Waals surface area contributed by atoms with Crippen molar-refractivity contribution < 1.29 is 9.90 Å². The van der Waals surface area contributed by atoms with E-state index in [1.54, 1.807) is 0 Å². The van der Waals surface area contributed by atoms with Crippen molar-refractivity contribution in [1.29, 1.82) is 0 Å². The molecule has 0 amide bonds. The van der Waals surface area contributed by atoms with E-state index in [0.29, 0.717) is 11.8 Å². The van der Waals surface area contributed by atoms with Crippen molar-refractivity contribution >= 4 is 5.97 Å². The Hall–Kier alpha value is -0.570. The molecule has 0 aromatic heterocycles. The average molecular weight is 241 g/mol. The quantitative estimate of drug-likeness (QED) is 0.777. The van der Waals surface area contributed by atoms with Gasteiger partial charge in [0.25, 0.3) is 0 Å². The lowest BCUT2D eigenvalue weighted by molar-refractivity contribution is -0.143. The summed E-state index contributed by atoms with van der Waals surface area (Å²) in [5, 5.41) is 9.27. The third-order valence-electron chi connectivity index (χ3n) is 3.47. The van der Waals surface area contributed by atoms with Crippen molar-refractivity contribution in [2.45, 2.75) is 53.0 Å². The van der Waals surface area contributed by atoms with Crippen LogP contribution in [0.2, 0.25) is 0 Å². The summed E-state index contributed by atoms with van der Waals surface area (Å²) in [6.07, 6.45) is 2.97. The van der Waals surface area contributed by atoms with Crippen LogP contribution in [0.5, 0.6) is 0 Å². The minimum Gasteiger partial charge on any atom is -0.481 e. The first-order valence-corrected chi connectivity index (χ1v) is 6.88. The molecule has 0 heterocycles. The van der Waals surface area contributed by atoms with Crippen LogP contribution in [-0.4, -0.2) is 35.1 Å². The molecule has 0 aliphatic heterocycles. The molecule has 0 spiro atoms. The Balaban J connectivity index is 2.70. The monoisotopic (exact) mass is 241 g/mol. The summed E-state index contributed by atoms with van der Waals surface area (Å²) in [4.78, 5) is 13.7. The highest BCUT2D eigenvalue weighted by Crippen LogP contribution is 2.31. The Kier molecular flexibility index (Phi) is 5.44. The number of carboxylic acids is 1. The van der Waals surface area contributed by atoms with Crippen LogP contribution in [0.3, 0.4) is 0 Å². The molecule has 2 atom stereocenters. The van der Waals surface area contributed by atoms with E-state index >= 15 is 0 Å². The lowest BCUT2D eigenvalue weighted by Gasteiger charge is -2.34. The fourth-order valence-corrected chi connectivity index (χ4v) is 2.95. The van der Waals surface area contributed by atoms with Gasteiger partial charge < -0.3 is 5.11 Å². The Morgan fingerprint density at radius 3 is 2.12 bits per heavy atom. The standard InChI is InChI=1S/C14H27NO2/c1-10(2)8-15(9-11(3)4)13-7-5-6-12(13)14(16)17/h10-13H,5-9H2,1-4H3,(H,16,17). The molecule has 17 heavy (non-hydrogen) atoms. The zero-order chi connectivity index (χ0) is 13.0. The molecule has 0 bridgehead atoms. The average Bonchev–Trinajstić information content (AvgIpc) is 2.62. The summed E-state index contributed by atoms with van der Waals surface area (Å²) in [5.74, 6) is 0.449. The van der Waals surface area contributed by atoms with Crippen LogP contribution in [0, 0.1) is 17.8 Å². The predicted molar refractivity (Wildman–Crippen MR) is 70.0 cm³/mol. The topological polar surface area (TPSA) is 40.5 Å². The highest BCUT2D eigenvalue weighted by molar-refractivity contribution is 5.71. The SMILES string of the molecule is CC(C)CN(CC(C)C)C1CCCC1C(=O)O. The van der Waals surface area contributed by atoms with Crippen LogP contribution in [-0.2, 0) is 4.79 Å². The van der Waals surface area contributed by atoms with Crippen molar-refractivity contribution in [3.63, 3.8) is 0 Å². The third-order valence-corrected chi connectivity index (χ3v) is 3.47. The summed E-state index contributed by atoms with van der Waals surface area (Å²) < 4.78 is 0. The minimum atomic E-state index is -0.606. The summed E-state index contributed by atoms with van der Waals surface area (Å²) >= 11 is 0. The van der Waals surface area contributed by atoms with Crippen molar-refractivity contribution in [3.05, 3.63) is 0 Å². The van der Waals surface area contributed by atoms with E-state index in [1.807, 2.05) is 0 Å². The molecule has 1 rings (SSSR count). The van der Waals surface area contributed by atoms with Crippen LogP contribution in [0.15, 0.2) is 0 Å². The second kappa shape index (κ2) is 6.39. The summed E-state index contributed by atoms with van der Waals surface area (Å²) in [6, 6.07) is 0.261. The number of carboxylic acid groups (broad SMARTS) is 1. The minimum absolute atomic E-state index is 0.146. The van der Waals surface area contributed by atoms with Crippen molar-refractivity contribution in [2.75, 3.05) is 13.1 Å². The van der Waals surface area contributed by atoms with Gasteiger partial charge in [0, 0.05) is 19.1 Å². The number of carbonyl (C=O) groups is 1. The Labute approximate surface area is 105 Å². The maximum absolute atomic E-state index is 11.3. The van der Waals surface area contributed by atoms with Gasteiger partial charge in [0.1, 0.15) is 0 Å². The predicted octanol–water partition coefficient (Wildman–Crippen LogP) is 2.85. The van der Waals surface area contributed by atoms with Crippen molar-refractivity contribution in [3.8, 4) is 0 Å². The van der Waals surface area contributed by atoms with Gasteiger partial charge >= 0.3 is 5.97 Å². The van der Waals surface area contributed by atoms with Gasteiger partial charge in [0.05, 0.1) is 5.92 Å². The largest absolute Gasteiger partial charge is 0.481 e. The molecule has 1 fully saturated rings. The maximum atomic E-state index is 11.3. The van der Waals surface area contributed by atoms with Gasteiger partial charge in [-0.3, -0.25) is 9.69 Å².